The van der Waals surface area contributed by atoms with Crippen molar-refractivity contribution in [3.05, 3.63) is 33.6 Å². The first-order valence-corrected chi connectivity index (χ1v) is 9.50. The average molecular weight is 395 g/mol. The van der Waals surface area contributed by atoms with Crippen LogP contribution >= 0.6 is 22.9 Å². The van der Waals surface area contributed by atoms with Crippen LogP contribution in [-0.2, 0) is 4.79 Å². The van der Waals surface area contributed by atoms with E-state index in [1.54, 1.807) is 6.92 Å². The number of anilines is 1. The molecule has 0 saturated heterocycles. The minimum atomic E-state index is -0.964. The zero-order chi connectivity index (χ0) is 18.8. The average Bonchev–Trinajstić information content (AvgIpc) is 3.18. The van der Waals surface area contributed by atoms with Gasteiger partial charge >= 0.3 is 5.97 Å². The van der Waals surface area contributed by atoms with Crippen LogP contribution in [-0.4, -0.2) is 40.3 Å². The Balaban J connectivity index is 1.60. The lowest BCUT2D eigenvalue weighted by atomic mass is 10.1. The van der Waals surface area contributed by atoms with Gasteiger partial charge in [0.05, 0.1) is 11.7 Å². The summed E-state index contributed by atoms with van der Waals surface area (Å²) in [5.41, 5.74) is 1.94. The van der Waals surface area contributed by atoms with Crippen molar-refractivity contribution < 1.29 is 14.7 Å². The monoisotopic (exact) mass is 394 g/mol. The second kappa shape index (κ2) is 7.59. The van der Waals surface area contributed by atoms with Crippen molar-refractivity contribution in [3.8, 4) is 0 Å². The maximum atomic E-state index is 12.3. The molecule has 1 amide bonds. The van der Waals surface area contributed by atoms with Crippen molar-refractivity contribution in [2.75, 3.05) is 11.4 Å². The number of nitrogens with one attached hydrogen (secondary N) is 1. The summed E-state index contributed by atoms with van der Waals surface area (Å²) < 4.78 is 0. The van der Waals surface area contributed by atoms with Crippen LogP contribution in [0.4, 0.5) is 5.13 Å². The molecule has 0 radical (unpaired) electrons. The zero-order valence-electron chi connectivity index (χ0n) is 14.5. The predicted octanol–water partition coefficient (Wildman–Crippen LogP) is 3.06. The normalized spacial score (nSPS) is 19.7. The molecule has 3 heterocycles. The standard InChI is InChI=1S/C17H19ClN4O3S/c1-3-10-8-12(21-14(10)18)15(23)20-11-4-6-22(7-5-11)17-19-9(2)13(26-17)16(24)25/h4,6,11H,3,5,7-8H2,1-2H3,(H,20,23)(H,24,25). The van der Waals surface area contributed by atoms with Crippen LogP contribution < -0.4 is 10.2 Å². The number of aromatic nitrogens is 1. The maximum Gasteiger partial charge on any atom is 0.347 e. The van der Waals surface area contributed by atoms with Crippen LogP contribution in [0.25, 0.3) is 0 Å². The van der Waals surface area contributed by atoms with Crippen molar-refractivity contribution >= 4 is 45.7 Å². The number of carboxylic acids is 1. The van der Waals surface area contributed by atoms with E-state index in [1.807, 2.05) is 24.1 Å². The van der Waals surface area contributed by atoms with Gasteiger partial charge in [-0.05, 0) is 31.4 Å². The fourth-order valence-electron chi connectivity index (χ4n) is 2.81. The van der Waals surface area contributed by atoms with Crippen molar-refractivity contribution in [1.82, 2.24) is 10.3 Å². The molecule has 7 nitrogen and oxygen atoms in total. The van der Waals surface area contributed by atoms with Crippen LogP contribution in [0.5, 0.6) is 0 Å². The molecule has 1 aromatic heterocycles. The van der Waals surface area contributed by atoms with Crippen molar-refractivity contribution in [1.29, 1.82) is 0 Å². The third-order valence-corrected chi connectivity index (χ3v) is 5.85. The van der Waals surface area contributed by atoms with Crippen molar-refractivity contribution in [2.24, 2.45) is 4.99 Å². The molecule has 0 spiro atoms. The molecule has 1 aromatic rings. The number of amides is 1. The SMILES string of the molecule is CCC1=C(Cl)N=C(C(=O)NC2C=CN(c3nc(C)c(C(=O)O)s3)CC2)C1. The lowest BCUT2D eigenvalue weighted by Gasteiger charge is -2.26. The lowest BCUT2D eigenvalue weighted by molar-refractivity contribution is -0.115. The summed E-state index contributed by atoms with van der Waals surface area (Å²) in [6, 6.07) is -0.106. The number of thiazole rings is 1. The summed E-state index contributed by atoms with van der Waals surface area (Å²) in [5, 5.41) is 13.2. The molecule has 2 aliphatic heterocycles. The van der Waals surface area contributed by atoms with E-state index in [0.717, 1.165) is 23.3 Å². The number of hydrogen-bond donors (Lipinski definition) is 2. The minimum absolute atomic E-state index is 0.106. The van der Waals surface area contributed by atoms with Gasteiger partial charge in [-0.1, -0.05) is 29.9 Å². The number of nitrogens with zero attached hydrogens (tertiary/aromatic N) is 3. The number of halogens is 1. The maximum absolute atomic E-state index is 12.3. The Morgan fingerprint density at radius 2 is 2.27 bits per heavy atom. The van der Waals surface area contributed by atoms with E-state index in [0.29, 0.717) is 41.1 Å². The Bertz CT molecular complexity index is 843. The smallest absolute Gasteiger partial charge is 0.347 e. The molecule has 3 rings (SSSR count). The first-order chi connectivity index (χ1) is 12.4. The van der Waals surface area contributed by atoms with Gasteiger partial charge in [0.2, 0.25) is 0 Å². The molecule has 2 N–H and O–H groups in total. The van der Waals surface area contributed by atoms with Crippen LogP contribution in [0, 0.1) is 6.92 Å². The van der Waals surface area contributed by atoms with Gasteiger partial charge in [0.15, 0.2) is 5.13 Å². The van der Waals surface area contributed by atoms with E-state index in [1.165, 1.54) is 0 Å². The highest BCUT2D eigenvalue weighted by atomic mass is 35.5. The van der Waals surface area contributed by atoms with Crippen LogP contribution in [0.3, 0.4) is 0 Å². The molecular weight excluding hydrogens is 376 g/mol. The highest BCUT2D eigenvalue weighted by Gasteiger charge is 2.25. The second-order valence-electron chi connectivity index (χ2n) is 6.10. The number of carboxylic acid groups (broad SMARTS) is 1. The number of aliphatic imine (C=N–C) groups is 1. The van der Waals surface area contributed by atoms with Gasteiger partial charge < -0.3 is 15.3 Å². The zero-order valence-corrected chi connectivity index (χ0v) is 16.0. The number of carbonyl (C=O) groups is 2. The van der Waals surface area contributed by atoms with Crippen LogP contribution in [0.2, 0.25) is 0 Å². The number of carbonyl (C=O) groups excluding carboxylic acids is 1. The molecule has 1 atom stereocenters. The summed E-state index contributed by atoms with van der Waals surface area (Å²) >= 11 is 7.18. The first-order valence-electron chi connectivity index (χ1n) is 8.30. The van der Waals surface area contributed by atoms with Gasteiger partial charge in [0.1, 0.15) is 15.7 Å². The summed E-state index contributed by atoms with van der Waals surface area (Å²) in [6.45, 7) is 4.31. The molecule has 26 heavy (non-hydrogen) atoms. The molecule has 1 unspecified atom stereocenters. The van der Waals surface area contributed by atoms with E-state index < -0.39 is 5.97 Å². The van der Waals surface area contributed by atoms with Gasteiger partial charge in [-0.2, -0.15) is 0 Å². The predicted molar refractivity (Wildman–Crippen MR) is 102 cm³/mol. The van der Waals surface area contributed by atoms with E-state index >= 15 is 0 Å². The molecule has 138 valence electrons. The van der Waals surface area contributed by atoms with Gasteiger partial charge in [-0.3, -0.25) is 4.79 Å². The van der Waals surface area contributed by atoms with Crippen LogP contribution in [0.15, 0.2) is 28.0 Å². The van der Waals surface area contributed by atoms with Gasteiger partial charge in [-0.25, -0.2) is 14.8 Å². The quantitative estimate of drug-likeness (QED) is 0.748. The third-order valence-electron chi connectivity index (χ3n) is 4.32. The van der Waals surface area contributed by atoms with Gasteiger partial charge in [-0.15, -0.1) is 0 Å². The van der Waals surface area contributed by atoms with E-state index in [9.17, 15) is 9.59 Å². The molecule has 0 aromatic carbocycles. The number of aromatic carboxylic acids is 1. The molecule has 2 aliphatic rings. The molecule has 9 heteroatoms. The Hall–Kier alpha value is -2.19. The number of allylic oxidation sites excluding steroid dienone is 1. The fourth-order valence-corrected chi connectivity index (χ4v) is 4.02. The third kappa shape index (κ3) is 3.81. The van der Waals surface area contributed by atoms with Crippen molar-refractivity contribution in [2.45, 2.75) is 39.2 Å². The summed E-state index contributed by atoms with van der Waals surface area (Å²) in [4.78, 5) is 34.1. The minimum Gasteiger partial charge on any atom is -0.477 e. The highest BCUT2D eigenvalue weighted by molar-refractivity contribution is 7.17. The Morgan fingerprint density at radius 3 is 2.81 bits per heavy atom. The molecule has 0 bridgehead atoms. The van der Waals surface area contributed by atoms with Gasteiger partial charge in [0.25, 0.3) is 5.91 Å². The highest BCUT2D eigenvalue weighted by Crippen LogP contribution is 2.28. The number of hydrogen-bond acceptors (Lipinski definition) is 6. The van der Waals surface area contributed by atoms with Crippen molar-refractivity contribution in [3.63, 3.8) is 0 Å². The Labute approximate surface area is 160 Å². The topological polar surface area (TPSA) is 94.9 Å². The number of aryl methyl sites for hydroxylation is 1. The fraction of sp³-hybridized carbons (Fsp3) is 0.412. The molecular formula is C17H19ClN4O3S. The first kappa shape index (κ1) is 18.6. The number of rotatable bonds is 5. The molecule has 0 aliphatic carbocycles. The van der Waals surface area contributed by atoms with Gasteiger partial charge in [0, 0.05) is 19.2 Å². The largest absolute Gasteiger partial charge is 0.477 e. The second-order valence-corrected chi connectivity index (χ2v) is 7.44. The summed E-state index contributed by atoms with van der Waals surface area (Å²) in [5.74, 6) is -1.17. The summed E-state index contributed by atoms with van der Waals surface area (Å²) in [7, 11) is 0. The molecule has 0 fully saturated rings. The lowest BCUT2D eigenvalue weighted by Crippen LogP contribution is -2.41. The van der Waals surface area contributed by atoms with E-state index in [2.05, 4.69) is 15.3 Å². The van der Waals surface area contributed by atoms with E-state index in [4.69, 9.17) is 16.7 Å². The Kier molecular flexibility index (Phi) is 5.43. The molecule has 0 saturated carbocycles. The summed E-state index contributed by atoms with van der Waals surface area (Å²) in [6.07, 6.45) is 5.68. The van der Waals surface area contributed by atoms with Crippen LogP contribution in [0.1, 0.15) is 41.6 Å². The Morgan fingerprint density at radius 1 is 1.50 bits per heavy atom. The van der Waals surface area contributed by atoms with E-state index in [-0.39, 0.29) is 16.8 Å².